The van der Waals surface area contributed by atoms with Crippen LogP contribution in [0, 0.1) is 5.82 Å². The van der Waals surface area contributed by atoms with E-state index < -0.39 is 5.97 Å². The fraction of sp³-hybridized carbons (Fsp3) is 0.263. The van der Waals surface area contributed by atoms with Crippen molar-refractivity contribution in [2.45, 2.75) is 25.3 Å². The lowest BCUT2D eigenvalue weighted by Crippen LogP contribution is -2.29. The second kappa shape index (κ2) is 6.33. The number of carbonyl (C=O) groups excluding carboxylic acids is 1. The second-order valence-electron chi connectivity index (χ2n) is 6.28. The molecule has 1 saturated carbocycles. The van der Waals surface area contributed by atoms with Gasteiger partial charge in [0.25, 0.3) is 5.56 Å². The summed E-state index contributed by atoms with van der Waals surface area (Å²) in [6, 6.07) is 9.36. The Hall–Kier alpha value is -3.09. The Balaban J connectivity index is 1.88. The molecule has 26 heavy (non-hydrogen) atoms. The van der Waals surface area contributed by atoms with Gasteiger partial charge in [0.05, 0.1) is 18.3 Å². The fourth-order valence-corrected chi connectivity index (χ4v) is 2.90. The molecule has 1 aromatic carbocycles. The number of ether oxygens (including phenoxy) is 1. The van der Waals surface area contributed by atoms with E-state index in [0.29, 0.717) is 22.6 Å². The smallest absolute Gasteiger partial charge is 0.325 e. The molecule has 2 heterocycles. The molecule has 0 aliphatic heterocycles. The molecule has 1 aliphatic carbocycles. The molecular weight excluding hydrogens is 337 g/mol. The first-order chi connectivity index (χ1) is 12.6. The Bertz CT molecular complexity index is 1060. The van der Waals surface area contributed by atoms with Gasteiger partial charge in [0.1, 0.15) is 18.2 Å². The van der Waals surface area contributed by atoms with E-state index >= 15 is 0 Å². The zero-order chi connectivity index (χ0) is 18.3. The summed E-state index contributed by atoms with van der Waals surface area (Å²) in [6.45, 7) is -0.188. The molecule has 3 aromatic rings. The minimum atomic E-state index is -0.509. The van der Waals surface area contributed by atoms with Crippen LogP contribution in [0.15, 0.2) is 41.2 Å². The summed E-state index contributed by atoms with van der Waals surface area (Å²) < 4.78 is 19.2. The molecule has 1 fully saturated rings. The number of carbonyl (C=O) groups is 1. The predicted octanol–water partition coefficient (Wildman–Crippen LogP) is 2.65. The average molecular weight is 353 g/mol. The molecule has 0 atom stereocenters. The van der Waals surface area contributed by atoms with Gasteiger partial charge < -0.3 is 4.74 Å². The van der Waals surface area contributed by atoms with Gasteiger partial charge in [0.2, 0.25) is 0 Å². The number of halogens is 1. The summed E-state index contributed by atoms with van der Waals surface area (Å²) in [6.07, 6.45) is 1.89. The fourth-order valence-electron chi connectivity index (χ4n) is 2.90. The van der Waals surface area contributed by atoms with Crippen LogP contribution >= 0.6 is 0 Å². The Morgan fingerprint density at radius 3 is 2.58 bits per heavy atom. The van der Waals surface area contributed by atoms with E-state index in [9.17, 15) is 14.0 Å². The molecule has 132 valence electrons. The van der Waals surface area contributed by atoms with E-state index in [2.05, 4.69) is 9.97 Å². The molecule has 0 unspecified atom stereocenters. The SMILES string of the molecule is COC(=O)Cn1c(C2CC2)nc2ccc(-c3ccc(F)cc3)nc2c1=O. The number of fused-ring (bicyclic) bond motifs is 1. The van der Waals surface area contributed by atoms with Crippen LogP contribution in [0.25, 0.3) is 22.3 Å². The highest BCUT2D eigenvalue weighted by molar-refractivity contribution is 5.78. The molecule has 4 rings (SSSR count). The number of esters is 1. The highest BCUT2D eigenvalue weighted by Crippen LogP contribution is 2.39. The third-order valence-electron chi connectivity index (χ3n) is 4.43. The maximum Gasteiger partial charge on any atom is 0.325 e. The van der Waals surface area contributed by atoms with Crippen molar-refractivity contribution in [2.75, 3.05) is 7.11 Å². The molecule has 0 radical (unpaired) electrons. The zero-order valence-corrected chi connectivity index (χ0v) is 14.1. The highest BCUT2D eigenvalue weighted by Gasteiger charge is 2.30. The molecular formula is C19H16FN3O3. The van der Waals surface area contributed by atoms with Crippen molar-refractivity contribution in [3.63, 3.8) is 0 Å². The van der Waals surface area contributed by atoms with Crippen LogP contribution in [0.3, 0.4) is 0 Å². The van der Waals surface area contributed by atoms with Crippen molar-refractivity contribution in [1.82, 2.24) is 14.5 Å². The predicted molar refractivity (Wildman–Crippen MR) is 93.2 cm³/mol. The maximum absolute atomic E-state index is 13.1. The monoisotopic (exact) mass is 353 g/mol. The van der Waals surface area contributed by atoms with Crippen LogP contribution in [0.1, 0.15) is 24.6 Å². The van der Waals surface area contributed by atoms with Crippen molar-refractivity contribution < 1.29 is 13.9 Å². The lowest BCUT2D eigenvalue weighted by atomic mass is 10.1. The van der Waals surface area contributed by atoms with Gasteiger partial charge >= 0.3 is 5.97 Å². The Labute approximate surface area is 148 Å². The van der Waals surface area contributed by atoms with Crippen LogP contribution in [-0.4, -0.2) is 27.6 Å². The standard InChI is InChI=1S/C19H16FN3O3/c1-26-16(24)10-23-18(12-2-3-12)22-15-9-8-14(21-17(15)19(23)25)11-4-6-13(20)7-5-11/h4-9,12H,2-3,10H2,1H3. The number of nitrogens with zero attached hydrogens (tertiary/aromatic N) is 3. The summed E-state index contributed by atoms with van der Waals surface area (Å²) in [7, 11) is 1.28. The Kier molecular flexibility index (Phi) is 3.99. The van der Waals surface area contributed by atoms with Crippen LogP contribution in [0.2, 0.25) is 0 Å². The molecule has 2 aromatic heterocycles. The molecule has 0 amide bonds. The summed E-state index contributed by atoms with van der Waals surface area (Å²) in [5.41, 5.74) is 1.54. The van der Waals surface area contributed by atoms with E-state index in [4.69, 9.17) is 4.74 Å². The molecule has 0 bridgehead atoms. The highest BCUT2D eigenvalue weighted by atomic mass is 19.1. The largest absolute Gasteiger partial charge is 0.468 e. The minimum Gasteiger partial charge on any atom is -0.468 e. The van der Waals surface area contributed by atoms with E-state index in [0.717, 1.165) is 12.8 Å². The van der Waals surface area contributed by atoms with Crippen molar-refractivity contribution in [3.8, 4) is 11.3 Å². The summed E-state index contributed by atoms with van der Waals surface area (Å²) >= 11 is 0. The number of hydrogen-bond donors (Lipinski definition) is 0. The van der Waals surface area contributed by atoms with Crippen LogP contribution in [-0.2, 0) is 16.1 Å². The van der Waals surface area contributed by atoms with Gasteiger partial charge in [0, 0.05) is 11.5 Å². The van der Waals surface area contributed by atoms with Gasteiger partial charge in [-0.2, -0.15) is 0 Å². The van der Waals surface area contributed by atoms with Crippen LogP contribution in [0.5, 0.6) is 0 Å². The topological polar surface area (TPSA) is 74.1 Å². The first kappa shape index (κ1) is 16.4. The Morgan fingerprint density at radius 2 is 1.92 bits per heavy atom. The van der Waals surface area contributed by atoms with E-state index in [-0.39, 0.29) is 29.4 Å². The van der Waals surface area contributed by atoms with Crippen molar-refractivity contribution >= 4 is 17.0 Å². The first-order valence-electron chi connectivity index (χ1n) is 8.31. The molecule has 0 N–H and O–H groups in total. The maximum atomic E-state index is 13.1. The summed E-state index contributed by atoms with van der Waals surface area (Å²) in [5.74, 6) is -0.0617. The van der Waals surface area contributed by atoms with E-state index in [1.54, 1.807) is 24.3 Å². The lowest BCUT2D eigenvalue weighted by molar-refractivity contribution is -0.141. The number of rotatable bonds is 4. The normalized spacial score (nSPS) is 13.8. The van der Waals surface area contributed by atoms with Crippen molar-refractivity contribution in [3.05, 3.63) is 58.4 Å². The van der Waals surface area contributed by atoms with Gasteiger partial charge in [-0.05, 0) is 49.2 Å². The van der Waals surface area contributed by atoms with Crippen LogP contribution < -0.4 is 5.56 Å². The second-order valence-corrected chi connectivity index (χ2v) is 6.28. The molecule has 7 heteroatoms. The van der Waals surface area contributed by atoms with Gasteiger partial charge in [-0.25, -0.2) is 14.4 Å². The van der Waals surface area contributed by atoms with Gasteiger partial charge in [-0.1, -0.05) is 0 Å². The molecule has 0 spiro atoms. The first-order valence-corrected chi connectivity index (χ1v) is 8.31. The van der Waals surface area contributed by atoms with Crippen molar-refractivity contribution in [2.24, 2.45) is 0 Å². The zero-order valence-electron chi connectivity index (χ0n) is 14.1. The van der Waals surface area contributed by atoms with Crippen molar-refractivity contribution in [1.29, 1.82) is 0 Å². The number of hydrogen-bond acceptors (Lipinski definition) is 5. The number of pyridine rings is 1. The van der Waals surface area contributed by atoms with Gasteiger partial charge in [-0.15, -0.1) is 0 Å². The molecule has 1 aliphatic rings. The summed E-state index contributed by atoms with van der Waals surface area (Å²) in [5, 5.41) is 0. The van der Waals surface area contributed by atoms with Crippen LogP contribution in [0.4, 0.5) is 4.39 Å². The third-order valence-corrected chi connectivity index (χ3v) is 4.43. The Morgan fingerprint density at radius 1 is 1.19 bits per heavy atom. The number of aromatic nitrogens is 3. The van der Waals surface area contributed by atoms with E-state index in [1.807, 2.05) is 0 Å². The van der Waals surface area contributed by atoms with Gasteiger partial charge in [0.15, 0.2) is 5.52 Å². The third kappa shape index (κ3) is 2.96. The minimum absolute atomic E-state index is 0.181. The lowest BCUT2D eigenvalue weighted by Gasteiger charge is -2.12. The van der Waals surface area contributed by atoms with E-state index in [1.165, 1.54) is 23.8 Å². The van der Waals surface area contributed by atoms with Gasteiger partial charge in [-0.3, -0.25) is 14.2 Å². The summed E-state index contributed by atoms with van der Waals surface area (Å²) in [4.78, 5) is 33.7. The average Bonchev–Trinajstić information content (AvgIpc) is 3.49. The molecule has 6 nitrogen and oxygen atoms in total. The molecule has 0 saturated heterocycles. The number of benzene rings is 1. The quantitative estimate of drug-likeness (QED) is 0.674. The number of methoxy groups -OCH3 is 1.